The Labute approximate surface area is 150 Å². The fraction of sp³-hybridized carbons (Fsp3) is 0.0952. The normalized spacial score (nSPS) is 11.4. The molecule has 0 aliphatic carbocycles. The summed E-state index contributed by atoms with van der Waals surface area (Å²) in [6.45, 7) is 0. The zero-order chi connectivity index (χ0) is 18.7. The van der Waals surface area contributed by atoms with Gasteiger partial charge in [0.05, 0.1) is 19.8 Å². The lowest BCUT2D eigenvalue weighted by molar-refractivity contribution is 0.104. The minimum atomic E-state index is -0.500. The lowest BCUT2D eigenvalue weighted by atomic mass is 10.0. The van der Waals surface area contributed by atoms with Gasteiger partial charge in [-0.05, 0) is 29.7 Å². The van der Waals surface area contributed by atoms with Crippen LogP contribution in [0.15, 0.2) is 60.7 Å². The number of carbonyl (C=O) groups excluding carboxylic acids is 1. The highest BCUT2D eigenvalue weighted by atomic mass is 16.5. The van der Waals surface area contributed by atoms with Crippen LogP contribution in [0.2, 0.25) is 0 Å². The first kappa shape index (κ1) is 17.4. The SMILES string of the molecule is COc1ccc(C(O)=CC(=O)c2ccc3ccccc3c2O)cc1OC. The van der Waals surface area contributed by atoms with Crippen LogP contribution < -0.4 is 9.47 Å². The van der Waals surface area contributed by atoms with E-state index in [2.05, 4.69) is 0 Å². The summed E-state index contributed by atoms with van der Waals surface area (Å²) in [4.78, 5) is 12.5. The smallest absolute Gasteiger partial charge is 0.193 e. The molecule has 0 saturated carbocycles. The molecule has 0 bridgehead atoms. The number of hydrogen-bond donors (Lipinski definition) is 2. The molecule has 2 N–H and O–H groups in total. The van der Waals surface area contributed by atoms with E-state index in [1.54, 1.807) is 42.5 Å². The Hall–Kier alpha value is -3.47. The number of rotatable bonds is 5. The Kier molecular flexibility index (Phi) is 4.80. The number of aromatic hydroxyl groups is 1. The molecule has 3 aromatic rings. The van der Waals surface area contributed by atoms with E-state index in [4.69, 9.17) is 9.47 Å². The summed E-state index contributed by atoms with van der Waals surface area (Å²) in [7, 11) is 3.00. The molecular formula is C21H18O5. The van der Waals surface area contributed by atoms with Gasteiger partial charge in [-0.3, -0.25) is 4.79 Å². The molecule has 5 nitrogen and oxygen atoms in total. The van der Waals surface area contributed by atoms with Crippen LogP contribution >= 0.6 is 0 Å². The van der Waals surface area contributed by atoms with Gasteiger partial charge in [-0.15, -0.1) is 0 Å². The van der Waals surface area contributed by atoms with Gasteiger partial charge in [0.15, 0.2) is 17.3 Å². The van der Waals surface area contributed by atoms with Gasteiger partial charge in [-0.25, -0.2) is 0 Å². The van der Waals surface area contributed by atoms with Crippen LogP contribution in [0.1, 0.15) is 15.9 Å². The molecule has 5 heteroatoms. The molecule has 0 heterocycles. The first-order chi connectivity index (χ1) is 12.5. The van der Waals surface area contributed by atoms with E-state index in [1.165, 1.54) is 14.2 Å². The minimum Gasteiger partial charge on any atom is -0.507 e. The molecule has 3 aromatic carbocycles. The van der Waals surface area contributed by atoms with Gasteiger partial charge < -0.3 is 19.7 Å². The Morgan fingerprint density at radius 2 is 1.69 bits per heavy atom. The van der Waals surface area contributed by atoms with E-state index >= 15 is 0 Å². The maximum Gasteiger partial charge on any atom is 0.193 e. The molecule has 0 spiro atoms. The topological polar surface area (TPSA) is 76.0 Å². The maximum absolute atomic E-state index is 12.5. The number of benzene rings is 3. The third-order valence-electron chi connectivity index (χ3n) is 4.11. The van der Waals surface area contributed by atoms with E-state index in [1.807, 2.05) is 12.1 Å². The standard InChI is InChI=1S/C21H18O5/c1-25-19-10-8-14(11-20(19)26-2)17(22)12-18(23)16-9-7-13-5-3-4-6-15(13)21(16)24/h3-12,22,24H,1-2H3. The Bertz CT molecular complexity index is 1000. The van der Waals surface area contributed by atoms with Gasteiger partial charge in [0.1, 0.15) is 11.5 Å². The van der Waals surface area contributed by atoms with Crippen LogP contribution in [0.25, 0.3) is 16.5 Å². The molecule has 26 heavy (non-hydrogen) atoms. The maximum atomic E-state index is 12.5. The highest BCUT2D eigenvalue weighted by Crippen LogP contribution is 2.31. The van der Waals surface area contributed by atoms with Crippen molar-refractivity contribution in [2.45, 2.75) is 0 Å². The molecule has 0 saturated heterocycles. The molecule has 0 atom stereocenters. The third-order valence-corrected chi connectivity index (χ3v) is 4.11. The second-order valence-corrected chi connectivity index (χ2v) is 5.65. The van der Waals surface area contributed by atoms with E-state index in [0.717, 1.165) is 11.5 Å². The number of phenolic OH excluding ortho intramolecular Hbond substituents is 1. The van der Waals surface area contributed by atoms with E-state index < -0.39 is 5.78 Å². The number of fused-ring (bicyclic) bond motifs is 1. The van der Waals surface area contributed by atoms with Crippen molar-refractivity contribution in [3.05, 3.63) is 71.8 Å². The molecule has 0 amide bonds. The van der Waals surface area contributed by atoms with E-state index in [-0.39, 0.29) is 17.1 Å². The van der Waals surface area contributed by atoms with Crippen molar-refractivity contribution in [1.82, 2.24) is 0 Å². The number of ketones is 1. The number of aliphatic hydroxyl groups excluding tert-OH is 1. The monoisotopic (exact) mass is 350 g/mol. The van der Waals surface area contributed by atoms with Gasteiger partial charge in [-0.1, -0.05) is 30.3 Å². The Morgan fingerprint density at radius 3 is 2.42 bits per heavy atom. The minimum absolute atomic E-state index is 0.107. The summed E-state index contributed by atoms with van der Waals surface area (Å²) >= 11 is 0. The second-order valence-electron chi connectivity index (χ2n) is 5.65. The Morgan fingerprint density at radius 1 is 0.962 bits per heavy atom. The predicted molar refractivity (Wildman–Crippen MR) is 100 cm³/mol. The second kappa shape index (κ2) is 7.19. The average molecular weight is 350 g/mol. The van der Waals surface area contributed by atoms with Crippen LogP contribution in [-0.4, -0.2) is 30.2 Å². The van der Waals surface area contributed by atoms with Gasteiger partial charge in [0.2, 0.25) is 0 Å². The van der Waals surface area contributed by atoms with Crippen molar-refractivity contribution in [1.29, 1.82) is 0 Å². The summed E-state index contributed by atoms with van der Waals surface area (Å²) in [6, 6.07) is 15.3. The van der Waals surface area contributed by atoms with Gasteiger partial charge in [0.25, 0.3) is 0 Å². The summed E-state index contributed by atoms with van der Waals surface area (Å²) in [5.41, 5.74) is 0.520. The number of hydrogen-bond acceptors (Lipinski definition) is 5. The van der Waals surface area contributed by atoms with Crippen molar-refractivity contribution in [3.8, 4) is 17.2 Å². The van der Waals surface area contributed by atoms with Gasteiger partial charge in [-0.2, -0.15) is 0 Å². The predicted octanol–water partition coefficient (Wildman–Crippen LogP) is 4.34. The number of aliphatic hydroxyl groups is 1. The molecule has 0 unspecified atom stereocenters. The van der Waals surface area contributed by atoms with Crippen molar-refractivity contribution >= 4 is 22.3 Å². The largest absolute Gasteiger partial charge is 0.507 e. The fourth-order valence-electron chi connectivity index (χ4n) is 2.73. The molecular weight excluding hydrogens is 332 g/mol. The summed E-state index contributed by atoms with van der Waals surface area (Å²) in [5.74, 6) is 0.113. The zero-order valence-corrected chi connectivity index (χ0v) is 14.4. The Balaban J connectivity index is 1.97. The van der Waals surface area contributed by atoms with E-state index in [9.17, 15) is 15.0 Å². The van der Waals surface area contributed by atoms with Crippen LogP contribution in [0.3, 0.4) is 0 Å². The molecule has 0 aliphatic rings. The molecule has 0 fully saturated rings. The van der Waals surface area contributed by atoms with Crippen molar-refractivity contribution < 1.29 is 24.5 Å². The third kappa shape index (κ3) is 3.19. The van der Waals surface area contributed by atoms with Crippen molar-refractivity contribution in [2.24, 2.45) is 0 Å². The molecule has 0 aliphatic heterocycles. The molecule has 0 aromatic heterocycles. The van der Waals surface area contributed by atoms with Crippen molar-refractivity contribution in [3.63, 3.8) is 0 Å². The average Bonchev–Trinajstić information content (AvgIpc) is 2.67. The van der Waals surface area contributed by atoms with Crippen LogP contribution in [0.5, 0.6) is 17.2 Å². The quantitative estimate of drug-likeness (QED) is 0.407. The van der Waals surface area contributed by atoms with E-state index in [0.29, 0.717) is 22.4 Å². The van der Waals surface area contributed by atoms with Crippen LogP contribution in [-0.2, 0) is 0 Å². The molecule has 3 rings (SSSR count). The number of methoxy groups -OCH3 is 2. The number of phenols is 1. The van der Waals surface area contributed by atoms with Crippen LogP contribution in [0, 0.1) is 0 Å². The fourth-order valence-corrected chi connectivity index (χ4v) is 2.73. The summed E-state index contributed by atoms with van der Waals surface area (Å²) < 4.78 is 10.3. The van der Waals surface area contributed by atoms with Crippen LogP contribution in [0.4, 0.5) is 0 Å². The number of allylic oxidation sites excluding steroid dienone is 1. The first-order valence-corrected chi connectivity index (χ1v) is 7.93. The number of carbonyl (C=O) groups is 1. The van der Waals surface area contributed by atoms with Crippen molar-refractivity contribution in [2.75, 3.05) is 14.2 Å². The van der Waals surface area contributed by atoms with Gasteiger partial charge in [0, 0.05) is 17.0 Å². The highest BCUT2D eigenvalue weighted by molar-refractivity contribution is 6.12. The molecule has 0 radical (unpaired) electrons. The molecule has 132 valence electrons. The summed E-state index contributed by atoms with van der Waals surface area (Å²) in [6.07, 6.45) is 1.07. The lowest BCUT2D eigenvalue weighted by Crippen LogP contribution is -1.98. The lowest BCUT2D eigenvalue weighted by Gasteiger charge is -2.09. The van der Waals surface area contributed by atoms with Gasteiger partial charge >= 0.3 is 0 Å². The number of ether oxygens (including phenoxy) is 2. The highest BCUT2D eigenvalue weighted by Gasteiger charge is 2.14. The first-order valence-electron chi connectivity index (χ1n) is 7.93. The zero-order valence-electron chi connectivity index (χ0n) is 14.4. The summed E-state index contributed by atoms with van der Waals surface area (Å²) in [5, 5.41) is 22.1.